The molecule has 0 aliphatic carbocycles. The van der Waals surface area contributed by atoms with Crippen molar-refractivity contribution >= 4 is 14.0 Å². The zero-order valence-electron chi connectivity index (χ0n) is 27.1. The Morgan fingerprint density at radius 2 is 1.73 bits per heavy atom. The molecule has 9 heteroatoms. The Morgan fingerprint density at radius 3 is 2.33 bits per heavy atom. The van der Waals surface area contributed by atoms with E-state index < -0.39 is 8.07 Å². The zero-order chi connectivity index (χ0) is 30.3. The number of rotatable bonds is 18. The number of hydrogen-bond donors (Lipinski definition) is 0. The van der Waals surface area contributed by atoms with Gasteiger partial charge in [0.1, 0.15) is 13.6 Å². The molecule has 1 aliphatic heterocycles. The normalized spacial score (nSPS) is 23.3. The number of ether oxygens (including phenoxy) is 7. The van der Waals surface area contributed by atoms with Crippen molar-refractivity contribution in [2.24, 2.45) is 0 Å². The molecule has 1 fully saturated rings. The van der Waals surface area contributed by atoms with Crippen LogP contribution in [0.25, 0.3) is 0 Å². The number of hydrogen-bond acceptors (Lipinski definition) is 8. The average Bonchev–Trinajstić information content (AvgIpc) is 2.84. The maximum Gasteiger partial charge on any atom is 0.330 e. The highest BCUT2D eigenvalue weighted by Gasteiger charge is 2.43. The van der Waals surface area contributed by atoms with Crippen LogP contribution in [0, 0.1) is 0 Å². The molecule has 1 saturated heterocycles. The average molecular weight is 587 g/mol. The number of carbonyl (C=O) groups excluding carboxylic acids is 1. The van der Waals surface area contributed by atoms with Gasteiger partial charge in [-0.2, -0.15) is 0 Å². The van der Waals surface area contributed by atoms with Gasteiger partial charge in [0.2, 0.25) is 0 Å². The maximum absolute atomic E-state index is 11.8. The Labute approximate surface area is 245 Å². The molecule has 0 N–H and O–H groups in total. The highest BCUT2D eigenvalue weighted by atomic mass is 28.3. The van der Waals surface area contributed by atoms with Crippen LogP contribution in [0.15, 0.2) is 23.8 Å². The summed E-state index contributed by atoms with van der Waals surface area (Å²) in [5.41, 5.74) is 1.43. The third kappa shape index (κ3) is 13.7. The van der Waals surface area contributed by atoms with E-state index in [1.54, 1.807) is 27.2 Å². The van der Waals surface area contributed by atoms with Crippen molar-refractivity contribution < 1.29 is 38.0 Å². The van der Waals surface area contributed by atoms with Crippen molar-refractivity contribution in [2.45, 2.75) is 135 Å². The molecule has 1 rings (SSSR count). The molecule has 40 heavy (non-hydrogen) atoms. The Bertz CT molecular complexity index is 776. The summed E-state index contributed by atoms with van der Waals surface area (Å²) < 4.78 is 39.6. The monoisotopic (exact) mass is 586 g/mol. The lowest BCUT2D eigenvalue weighted by molar-refractivity contribution is -0.221. The Balaban J connectivity index is 2.93. The van der Waals surface area contributed by atoms with Gasteiger partial charge in [-0.15, -0.1) is 0 Å². The van der Waals surface area contributed by atoms with E-state index in [1.165, 1.54) is 0 Å². The summed E-state index contributed by atoms with van der Waals surface area (Å²) in [5, 5.41) is 0.237. The smallest absolute Gasteiger partial charge is 0.330 e. The van der Waals surface area contributed by atoms with E-state index in [4.69, 9.17) is 33.2 Å². The van der Waals surface area contributed by atoms with Crippen molar-refractivity contribution in [1.82, 2.24) is 0 Å². The predicted octanol–water partition coefficient (Wildman–Crippen LogP) is 7.01. The largest absolute Gasteiger partial charge is 0.463 e. The topological polar surface area (TPSA) is 81.7 Å². The van der Waals surface area contributed by atoms with Crippen LogP contribution in [0.3, 0.4) is 0 Å². The molecule has 8 nitrogen and oxygen atoms in total. The summed E-state index contributed by atoms with van der Waals surface area (Å²) in [4.78, 5) is 11.8. The van der Waals surface area contributed by atoms with Gasteiger partial charge in [0.25, 0.3) is 0 Å². The second-order valence-corrected chi connectivity index (χ2v) is 18.3. The molecule has 0 saturated carbocycles. The number of esters is 1. The zero-order valence-corrected chi connectivity index (χ0v) is 28.1. The molecule has 2 unspecified atom stereocenters. The predicted molar refractivity (Wildman–Crippen MR) is 162 cm³/mol. The van der Waals surface area contributed by atoms with Crippen LogP contribution in [0.4, 0.5) is 0 Å². The van der Waals surface area contributed by atoms with Gasteiger partial charge in [-0.1, -0.05) is 51.6 Å². The molecule has 0 aromatic carbocycles. The molecule has 0 aromatic heterocycles. The van der Waals surface area contributed by atoms with Crippen LogP contribution in [0.5, 0.6) is 0 Å². The van der Waals surface area contributed by atoms with E-state index in [0.717, 1.165) is 31.3 Å². The van der Waals surface area contributed by atoms with Crippen LogP contribution in [-0.4, -0.2) is 79.2 Å². The van der Waals surface area contributed by atoms with E-state index in [0.29, 0.717) is 25.4 Å². The Hall–Kier alpha value is -1.07. The van der Waals surface area contributed by atoms with Gasteiger partial charge in [-0.3, -0.25) is 0 Å². The molecule has 1 aliphatic rings. The summed E-state index contributed by atoms with van der Waals surface area (Å²) in [5.74, 6) is -0.311. The molecule has 0 spiro atoms. The number of methoxy groups -OCH3 is 2. The molecule has 0 radical (unpaired) electrons. The molecular formula is C31H58O8Si. The minimum Gasteiger partial charge on any atom is -0.463 e. The fourth-order valence-corrected chi connectivity index (χ4v) is 8.02. The Kier molecular flexibility index (Phi) is 17.1. The van der Waals surface area contributed by atoms with Crippen molar-refractivity contribution in [1.29, 1.82) is 0 Å². The fraction of sp³-hybridized carbons (Fsp3) is 0.839. The van der Waals surface area contributed by atoms with E-state index in [1.807, 2.05) is 13.8 Å². The van der Waals surface area contributed by atoms with E-state index in [9.17, 15) is 4.79 Å². The van der Waals surface area contributed by atoms with Gasteiger partial charge in [-0.25, -0.2) is 4.79 Å². The summed E-state index contributed by atoms with van der Waals surface area (Å²) in [6, 6.07) is 0. The fourth-order valence-electron chi connectivity index (χ4n) is 5.02. The highest BCUT2D eigenvalue weighted by Crippen LogP contribution is 2.48. The van der Waals surface area contributed by atoms with Crippen molar-refractivity contribution in [3.05, 3.63) is 23.8 Å². The lowest BCUT2D eigenvalue weighted by Gasteiger charge is -2.45. The first-order chi connectivity index (χ1) is 18.7. The summed E-state index contributed by atoms with van der Waals surface area (Å²) in [6.45, 7) is 20.8. The van der Waals surface area contributed by atoms with Crippen LogP contribution in [0.2, 0.25) is 23.7 Å². The summed E-state index contributed by atoms with van der Waals surface area (Å²) in [6.07, 6.45) is 9.63. The molecule has 234 valence electrons. The Morgan fingerprint density at radius 1 is 1.07 bits per heavy atom. The van der Waals surface area contributed by atoms with Gasteiger partial charge in [0.05, 0.1) is 39.1 Å². The maximum atomic E-state index is 11.8. The van der Waals surface area contributed by atoms with Gasteiger partial charge in [-0.05, 0) is 64.0 Å². The first kappa shape index (κ1) is 37.0. The van der Waals surface area contributed by atoms with E-state index in [-0.39, 0.29) is 48.5 Å². The standard InChI is InChI=1S/C31H58O8Si/c1-12-35-30(32)17-23(2)16-28-19-27(38-25(4)39-28)15-13-14-26(37-22-34-9)20-29(18-24(3)36-21-33-8)40(10,11)31(5,6)7/h13,15,17,24-29H,12,14,16,18-22H2,1-11H3/b15-13+,23-17-/t24-,25-,26+,27?,28?,29+/m1/s1. The van der Waals surface area contributed by atoms with Crippen LogP contribution in [0.1, 0.15) is 80.6 Å². The second kappa shape index (κ2) is 18.5. The van der Waals surface area contributed by atoms with Crippen LogP contribution in [-0.2, 0) is 38.0 Å². The lowest BCUT2D eigenvalue weighted by Crippen LogP contribution is -2.44. The van der Waals surface area contributed by atoms with Crippen molar-refractivity contribution in [3.8, 4) is 0 Å². The van der Waals surface area contributed by atoms with Gasteiger partial charge in [0.15, 0.2) is 6.29 Å². The van der Waals surface area contributed by atoms with Crippen molar-refractivity contribution in [3.63, 3.8) is 0 Å². The second-order valence-electron chi connectivity index (χ2n) is 12.6. The third-order valence-electron chi connectivity index (χ3n) is 8.21. The SMILES string of the molecule is CCOC(=O)/C=C(/C)CC1CC(/C=C/C[C@@H](C[C@H](C[C@@H](C)OCOC)[Si](C)(C)C(C)(C)C)OCOC)O[C@@H](C)O1. The number of carbonyl (C=O) groups is 1. The molecule has 6 atom stereocenters. The van der Waals surface area contributed by atoms with Crippen LogP contribution >= 0.6 is 0 Å². The van der Waals surface area contributed by atoms with E-state index >= 15 is 0 Å². The van der Waals surface area contributed by atoms with Gasteiger partial charge < -0.3 is 33.2 Å². The molecule has 0 bridgehead atoms. The minimum absolute atomic E-state index is 0.0211. The molecule has 0 aromatic rings. The molecule has 0 amide bonds. The molecular weight excluding hydrogens is 528 g/mol. The van der Waals surface area contributed by atoms with Crippen LogP contribution < -0.4 is 0 Å². The lowest BCUT2D eigenvalue weighted by atomic mass is 10.0. The highest BCUT2D eigenvalue weighted by molar-refractivity contribution is 6.81. The third-order valence-corrected chi connectivity index (χ3v) is 14.6. The quantitative estimate of drug-likeness (QED) is 0.0558. The molecule has 1 heterocycles. The van der Waals surface area contributed by atoms with Gasteiger partial charge >= 0.3 is 5.97 Å². The first-order valence-corrected chi connectivity index (χ1v) is 17.8. The first-order valence-electron chi connectivity index (χ1n) is 14.8. The summed E-state index contributed by atoms with van der Waals surface area (Å²) in [7, 11) is 1.61. The van der Waals surface area contributed by atoms with Gasteiger partial charge in [0, 0.05) is 26.7 Å². The summed E-state index contributed by atoms with van der Waals surface area (Å²) >= 11 is 0. The van der Waals surface area contributed by atoms with Crippen molar-refractivity contribution in [2.75, 3.05) is 34.4 Å². The van der Waals surface area contributed by atoms with E-state index in [2.05, 4.69) is 52.9 Å². The minimum atomic E-state index is -1.71.